The van der Waals surface area contributed by atoms with Crippen molar-refractivity contribution in [1.82, 2.24) is 14.6 Å². The number of aliphatic hydroxyl groups excluding tert-OH is 2. The summed E-state index contributed by atoms with van der Waals surface area (Å²) in [7, 11) is -4.15. The van der Waals surface area contributed by atoms with Gasteiger partial charge in [-0.25, -0.2) is 18.9 Å². The minimum Gasteiger partial charge on any atom is -0.464 e. The van der Waals surface area contributed by atoms with E-state index in [4.69, 9.17) is 24.3 Å². The smallest absolute Gasteiger partial charge is 0.421 e. The molecule has 1 aromatic carbocycles. The van der Waals surface area contributed by atoms with Crippen molar-refractivity contribution in [1.29, 1.82) is 0 Å². The molecule has 0 amide bonds. The number of carbonyl (C=O) groups is 1. The van der Waals surface area contributed by atoms with E-state index < -0.39 is 50.1 Å². The highest BCUT2D eigenvalue weighted by molar-refractivity contribution is 7.70. The predicted octanol–water partition coefficient (Wildman–Crippen LogP) is 3.33. The van der Waals surface area contributed by atoms with E-state index in [-0.39, 0.29) is 24.1 Å². The maximum absolute atomic E-state index is 13.8. The van der Waals surface area contributed by atoms with E-state index in [1.54, 1.807) is 49.4 Å². The summed E-state index contributed by atoms with van der Waals surface area (Å²) in [5.74, 6) is 1.11. The molecule has 3 heterocycles. The SMILES string of the molecule is CCC(CC)COC(=O)[C@H](C)/N=C/P(=O)(OC[C@H]1O[C@@](C)(c2ccc3c(N)ncnn23)[C@H](O)[C@@H]1O)Oc1ccccc1. The van der Waals surface area contributed by atoms with Gasteiger partial charge in [-0.3, -0.25) is 9.52 Å². The molecule has 0 saturated carbocycles. The summed E-state index contributed by atoms with van der Waals surface area (Å²) >= 11 is 0. The zero-order valence-corrected chi connectivity index (χ0v) is 25.0. The van der Waals surface area contributed by atoms with Crippen LogP contribution < -0.4 is 10.3 Å². The largest absolute Gasteiger partial charge is 0.464 e. The number of nitrogens with two attached hydrogens (primary N) is 1. The first kappa shape index (κ1) is 31.6. The van der Waals surface area contributed by atoms with E-state index >= 15 is 0 Å². The first-order valence-electron chi connectivity index (χ1n) is 13.8. The summed E-state index contributed by atoms with van der Waals surface area (Å²) in [6, 6.07) is 10.7. The Hall–Kier alpha value is -3.35. The van der Waals surface area contributed by atoms with Gasteiger partial charge in [0.2, 0.25) is 0 Å². The highest BCUT2D eigenvalue weighted by Crippen LogP contribution is 2.48. The highest BCUT2D eigenvalue weighted by Gasteiger charge is 2.54. The van der Waals surface area contributed by atoms with Gasteiger partial charge in [-0.1, -0.05) is 44.9 Å². The summed E-state index contributed by atoms with van der Waals surface area (Å²) in [5, 5.41) is 26.1. The Labute approximate surface area is 244 Å². The van der Waals surface area contributed by atoms with Crippen LogP contribution in [0.25, 0.3) is 5.52 Å². The summed E-state index contributed by atoms with van der Waals surface area (Å²) in [6.45, 7) is 7.00. The van der Waals surface area contributed by atoms with Crippen LogP contribution in [0.2, 0.25) is 0 Å². The Balaban J connectivity index is 1.50. The maximum Gasteiger partial charge on any atom is 0.421 e. The van der Waals surface area contributed by atoms with Crippen molar-refractivity contribution < 1.29 is 38.1 Å². The van der Waals surface area contributed by atoms with Gasteiger partial charge in [0.25, 0.3) is 0 Å². The Kier molecular flexibility index (Phi) is 10.0. The predicted molar refractivity (Wildman–Crippen MR) is 155 cm³/mol. The van der Waals surface area contributed by atoms with E-state index in [2.05, 4.69) is 15.1 Å². The number of ether oxygens (including phenoxy) is 2. The molecule has 0 aliphatic carbocycles. The number of fused-ring (bicyclic) bond motifs is 1. The minimum atomic E-state index is -4.15. The Bertz CT molecular complexity index is 1430. The zero-order chi connectivity index (χ0) is 30.5. The quantitative estimate of drug-likeness (QED) is 0.148. The number of aromatic nitrogens is 3. The number of anilines is 1. The van der Waals surface area contributed by atoms with Crippen LogP contribution in [-0.4, -0.2) is 74.3 Å². The van der Waals surface area contributed by atoms with E-state index in [9.17, 15) is 19.6 Å². The molecule has 14 heteroatoms. The molecule has 42 heavy (non-hydrogen) atoms. The van der Waals surface area contributed by atoms with Crippen molar-refractivity contribution in [2.24, 2.45) is 10.9 Å². The fourth-order valence-electron chi connectivity index (χ4n) is 4.63. The monoisotopic (exact) mass is 603 g/mol. The number of esters is 1. The number of carbonyl (C=O) groups excluding carboxylic acids is 1. The first-order chi connectivity index (χ1) is 20.0. The molecule has 0 spiro atoms. The number of hydrogen-bond donors (Lipinski definition) is 3. The molecule has 6 atom stereocenters. The van der Waals surface area contributed by atoms with Crippen LogP contribution in [0.5, 0.6) is 5.75 Å². The molecule has 1 unspecified atom stereocenters. The van der Waals surface area contributed by atoms with Gasteiger partial charge in [-0.2, -0.15) is 5.10 Å². The van der Waals surface area contributed by atoms with Crippen molar-refractivity contribution in [3.8, 4) is 5.75 Å². The number of nitrogen functional groups attached to an aromatic ring is 1. The molecule has 0 radical (unpaired) electrons. The Morgan fingerprint density at radius 2 is 1.95 bits per heavy atom. The van der Waals surface area contributed by atoms with Crippen molar-refractivity contribution in [3.63, 3.8) is 0 Å². The van der Waals surface area contributed by atoms with Crippen LogP contribution in [0.15, 0.2) is 53.8 Å². The van der Waals surface area contributed by atoms with Crippen LogP contribution >= 0.6 is 7.60 Å². The average Bonchev–Trinajstić information content (AvgIpc) is 3.52. The van der Waals surface area contributed by atoms with Gasteiger partial charge in [0.1, 0.15) is 53.5 Å². The van der Waals surface area contributed by atoms with Gasteiger partial charge < -0.3 is 29.9 Å². The summed E-state index contributed by atoms with van der Waals surface area (Å²) in [4.78, 5) is 20.6. The highest BCUT2D eigenvalue weighted by atomic mass is 31.2. The van der Waals surface area contributed by atoms with Crippen molar-refractivity contribution >= 4 is 30.9 Å². The fraction of sp³-hybridized carbons (Fsp3) is 0.500. The number of aliphatic imine (C=N–C) groups is 1. The van der Waals surface area contributed by atoms with Crippen molar-refractivity contribution in [2.75, 3.05) is 18.9 Å². The summed E-state index contributed by atoms with van der Waals surface area (Å²) < 4.78 is 38.2. The normalized spacial score (nSPS) is 24.7. The third kappa shape index (κ3) is 6.82. The molecule has 228 valence electrons. The van der Waals surface area contributed by atoms with Gasteiger partial charge in [0, 0.05) is 0 Å². The number of benzene rings is 1. The lowest BCUT2D eigenvalue weighted by atomic mass is 9.93. The number of para-hydroxylation sites is 1. The summed E-state index contributed by atoms with van der Waals surface area (Å²) in [5.41, 5.74) is 5.44. The molecule has 4 N–H and O–H groups in total. The molecule has 3 aromatic rings. The molecular weight excluding hydrogens is 565 g/mol. The average molecular weight is 604 g/mol. The Morgan fingerprint density at radius 3 is 2.64 bits per heavy atom. The van der Waals surface area contributed by atoms with Gasteiger partial charge in [-0.05, 0) is 44.0 Å². The molecule has 13 nitrogen and oxygen atoms in total. The van der Waals surface area contributed by atoms with Crippen LogP contribution in [0, 0.1) is 5.92 Å². The van der Waals surface area contributed by atoms with E-state index in [0.29, 0.717) is 11.2 Å². The molecular formula is C28H38N5O8P. The molecule has 1 aliphatic heterocycles. The molecule has 0 bridgehead atoms. The van der Waals surface area contributed by atoms with E-state index in [1.807, 2.05) is 13.8 Å². The van der Waals surface area contributed by atoms with Crippen LogP contribution in [0.3, 0.4) is 0 Å². The topological polar surface area (TPSA) is 180 Å². The zero-order valence-electron chi connectivity index (χ0n) is 24.1. The van der Waals surface area contributed by atoms with Gasteiger partial charge in [0.05, 0.1) is 18.9 Å². The van der Waals surface area contributed by atoms with Crippen LogP contribution in [0.4, 0.5) is 5.82 Å². The van der Waals surface area contributed by atoms with Crippen LogP contribution in [0.1, 0.15) is 46.2 Å². The molecule has 4 rings (SSSR count). The van der Waals surface area contributed by atoms with E-state index in [0.717, 1.165) is 18.8 Å². The first-order valence-corrected chi connectivity index (χ1v) is 15.4. The standard InChI is InChI=1S/C28H38N5O8P/c1-5-19(6-2)14-38-27(36)18(3)31-17-42(37,41-20-10-8-7-9-11-20)39-15-22-24(34)25(35)28(4,40-22)23-13-12-21-26(29)30-16-32-33(21)23/h7-13,16-19,22,24-25,34-35H,5-6,14-15H2,1-4H3,(H2,29,30,32)/b31-17+/t18-,22+,24+,25+,28-,42?/m0/s1. The van der Waals surface area contributed by atoms with Crippen molar-refractivity contribution in [3.05, 3.63) is 54.5 Å². The summed E-state index contributed by atoms with van der Waals surface area (Å²) in [6.07, 6.45) is -0.902. The van der Waals surface area contributed by atoms with Gasteiger partial charge in [0.15, 0.2) is 5.82 Å². The fourth-order valence-corrected chi connectivity index (χ4v) is 5.93. The molecule has 1 aliphatic rings. The number of aliphatic hydroxyl groups is 2. The van der Waals surface area contributed by atoms with E-state index in [1.165, 1.54) is 17.8 Å². The molecule has 2 aromatic heterocycles. The second kappa shape index (κ2) is 13.3. The molecule has 1 fully saturated rings. The number of nitrogens with zero attached hydrogens (tertiary/aromatic N) is 4. The molecule has 1 saturated heterocycles. The third-order valence-electron chi connectivity index (χ3n) is 7.44. The lowest BCUT2D eigenvalue weighted by Crippen LogP contribution is -2.39. The Morgan fingerprint density at radius 1 is 1.24 bits per heavy atom. The van der Waals surface area contributed by atoms with Crippen molar-refractivity contribution in [2.45, 2.75) is 70.5 Å². The lowest BCUT2D eigenvalue weighted by molar-refractivity contribution is -0.146. The second-order valence-electron chi connectivity index (χ2n) is 10.4. The minimum absolute atomic E-state index is 0.236. The number of hydrogen-bond acceptors (Lipinski definition) is 12. The van der Waals surface area contributed by atoms with Gasteiger partial charge in [-0.15, -0.1) is 0 Å². The number of rotatable bonds is 13. The van der Waals surface area contributed by atoms with Crippen LogP contribution in [-0.2, 0) is 29.0 Å². The van der Waals surface area contributed by atoms with Gasteiger partial charge >= 0.3 is 13.6 Å². The third-order valence-corrected chi connectivity index (χ3v) is 8.83. The lowest BCUT2D eigenvalue weighted by Gasteiger charge is -2.27. The second-order valence-corrected chi connectivity index (χ2v) is 12.1. The maximum atomic E-state index is 13.8.